The van der Waals surface area contributed by atoms with Crippen molar-refractivity contribution < 1.29 is 23.1 Å². The van der Waals surface area contributed by atoms with Crippen molar-refractivity contribution >= 4 is 23.0 Å². The molecule has 2 heterocycles. The average Bonchev–Trinajstić information content (AvgIpc) is 3.61. The predicted octanol–water partition coefficient (Wildman–Crippen LogP) is 5.78. The molecular weight excluding hydrogens is 471 g/mol. The highest BCUT2D eigenvalue weighted by Crippen LogP contribution is 2.37. The Kier molecular flexibility index (Phi) is 5.89. The number of aromatic nitrogens is 4. The van der Waals surface area contributed by atoms with E-state index in [4.69, 9.17) is 0 Å². The average molecular weight is 496 g/mol. The van der Waals surface area contributed by atoms with Crippen LogP contribution in [0.1, 0.15) is 47.1 Å². The normalized spacial score (nSPS) is 14.7. The molecular formula is C26H24F3N5O2. The zero-order valence-corrected chi connectivity index (χ0v) is 19.7. The Labute approximate surface area is 205 Å². The van der Waals surface area contributed by atoms with Crippen LogP contribution < -0.4 is 5.32 Å². The molecule has 4 aromatic rings. The lowest BCUT2D eigenvalue weighted by Crippen LogP contribution is -2.20. The molecule has 0 aliphatic heterocycles. The molecule has 2 aromatic carbocycles. The van der Waals surface area contributed by atoms with Crippen molar-refractivity contribution in [3.05, 3.63) is 71.0 Å². The molecule has 7 nitrogen and oxygen atoms in total. The second kappa shape index (κ2) is 8.92. The number of hydrogen-bond acceptors (Lipinski definition) is 5. The number of benzene rings is 2. The highest BCUT2D eigenvalue weighted by molar-refractivity contribution is 5.92. The van der Waals surface area contributed by atoms with Crippen LogP contribution in [0.2, 0.25) is 0 Å². The second-order valence-corrected chi connectivity index (χ2v) is 9.19. The number of carboxylic acids is 1. The van der Waals surface area contributed by atoms with Gasteiger partial charge in [-0.1, -0.05) is 42.0 Å². The summed E-state index contributed by atoms with van der Waals surface area (Å²) in [6.45, 7) is 3.73. The third-order valence-electron chi connectivity index (χ3n) is 6.42. The Bertz CT molecular complexity index is 1460. The number of alkyl halides is 3. The highest BCUT2D eigenvalue weighted by Gasteiger charge is 2.34. The molecule has 2 aromatic heterocycles. The van der Waals surface area contributed by atoms with Gasteiger partial charge in [0.05, 0.1) is 12.1 Å². The first kappa shape index (κ1) is 23.8. The summed E-state index contributed by atoms with van der Waals surface area (Å²) in [5, 5.41) is 12.9. The molecule has 0 amide bonds. The number of halogens is 3. The van der Waals surface area contributed by atoms with Crippen LogP contribution in [-0.2, 0) is 12.7 Å². The summed E-state index contributed by atoms with van der Waals surface area (Å²) in [6.07, 6.45) is -2.45. The van der Waals surface area contributed by atoms with Crippen LogP contribution in [0, 0.1) is 12.8 Å². The van der Waals surface area contributed by atoms with Crippen LogP contribution in [-0.4, -0.2) is 36.6 Å². The third kappa shape index (κ3) is 4.62. The Balaban J connectivity index is 1.76. The fraction of sp³-hybridized carbons (Fsp3) is 0.308. The van der Waals surface area contributed by atoms with Crippen molar-refractivity contribution in [2.75, 3.05) is 5.32 Å². The first-order valence-electron chi connectivity index (χ1n) is 11.6. The molecule has 0 spiro atoms. The lowest BCUT2D eigenvalue weighted by atomic mass is 10.1. The van der Waals surface area contributed by atoms with Gasteiger partial charge in [-0.15, -0.1) is 0 Å². The molecule has 0 bridgehead atoms. The first-order chi connectivity index (χ1) is 17.1. The van der Waals surface area contributed by atoms with E-state index in [9.17, 15) is 23.1 Å². The summed E-state index contributed by atoms with van der Waals surface area (Å²) in [4.78, 5) is 24.8. The monoisotopic (exact) mass is 495 g/mol. The van der Waals surface area contributed by atoms with Crippen molar-refractivity contribution in [1.82, 2.24) is 19.5 Å². The quantitative estimate of drug-likeness (QED) is 0.338. The van der Waals surface area contributed by atoms with Crippen molar-refractivity contribution in [2.24, 2.45) is 5.92 Å². The Hall–Kier alpha value is -3.95. The molecule has 36 heavy (non-hydrogen) atoms. The first-order valence-corrected chi connectivity index (χ1v) is 11.6. The molecule has 1 aliphatic rings. The van der Waals surface area contributed by atoms with E-state index in [1.54, 1.807) is 10.6 Å². The van der Waals surface area contributed by atoms with Crippen molar-refractivity contribution in [1.29, 1.82) is 0 Å². The number of fused-ring (bicyclic) bond motifs is 1. The van der Waals surface area contributed by atoms with Gasteiger partial charge in [0.2, 0.25) is 5.82 Å². The van der Waals surface area contributed by atoms with E-state index < -0.39 is 23.5 Å². The number of imidazole rings is 1. The van der Waals surface area contributed by atoms with Crippen LogP contribution in [0.15, 0.2) is 48.5 Å². The molecule has 1 unspecified atom stereocenters. The number of rotatable bonds is 7. The minimum absolute atomic E-state index is 0.00187. The number of anilines is 1. The van der Waals surface area contributed by atoms with E-state index in [0.717, 1.165) is 24.5 Å². The molecule has 186 valence electrons. The van der Waals surface area contributed by atoms with E-state index in [1.165, 1.54) is 12.1 Å². The molecule has 1 saturated carbocycles. The summed E-state index contributed by atoms with van der Waals surface area (Å²) < 4.78 is 43.1. The summed E-state index contributed by atoms with van der Waals surface area (Å²) in [5.41, 5.74) is 1.40. The van der Waals surface area contributed by atoms with E-state index in [2.05, 4.69) is 20.3 Å². The molecule has 0 saturated heterocycles. The molecule has 1 aliphatic carbocycles. The molecule has 2 N–H and O–H groups in total. The second-order valence-electron chi connectivity index (χ2n) is 9.19. The van der Waals surface area contributed by atoms with E-state index in [0.29, 0.717) is 22.8 Å². The number of aryl methyl sites for hydroxylation is 1. The maximum atomic E-state index is 13.8. The highest BCUT2D eigenvalue weighted by atomic mass is 19.4. The Morgan fingerprint density at radius 3 is 2.56 bits per heavy atom. The number of carbonyl (C=O) groups is 1. The Morgan fingerprint density at radius 1 is 1.14 bits per heavy atom. The standard InChI is InChI=1S/C26H24F3N5O2/c1-14-6-5-8-17(12-14)24-33-22-20(34(24)13-18-7-3-4-9-19(18)26(27,28)29)21(30-15(2)16-10-11-16)31-23(32-22)25(35)36/h3-9,12,15-16H,10-11,13H2,1-2H3,(H,35,36)(H,30,31,32). The summed E-state index contributed by atoms with van der Waals surface area (Å²) >= 11 is 0. The number of aromatic carboxylic acids is 1. The van der Waals surface area contributed by atoms with Crippen LogP contribution in [0.25, 0.3) is 22.6 Å². The van der Waals surface area contributed by atoms with Gasteiger partial charge in [-0.05, 0) is 50.3 Å². The maximum absolute atomic E-state index is 13.8. The molecule has 1 fully saturated rings. The van der Waals surface area contributed by atoms with Gasteiger partial charge in [0.25, 0.3) is 0 Å². The lowest BCUT2D eigenvalue weighted by molar-refractivity contribution is -0.138. The molecule has 0 radical (unpaired) electrons. The minimum atomic E-state index is -4.54. The number of carboxylic acid groups (broad SMARTS) is 1. The van der Waals surface area contributed by atoms with E-state index >= 15 is 0 Å². The van der Waals surface area contributed by atoms with Gasteiger partial charge in [-0.2, -0.15) is 13.2 Å². The van der Waals surface area contributed by atoms with Gasteiger partial charge in [0.15, 0.2) is 11.5 Å². The van der Waals surface area contributed by atoms with Gasteiger partial charge >= 0.3 is 12.1 Å². The van der Waals surface area contributed by atoms with Crippen LogP contribution in [0.5, 0.6) is 0 Å². The molecule has 1 atom stereocenters. The largest absolute Gasteiger partial charge is 0.475 e. The zero-order chi connectivity index (χ0) is 25.6. The summed E-state index contributed by atoms with van der Waals surface area (Å²) in [7, 11) is 0. The van der Waals surface area contributed by atoms with Gasteiger partial charge in [-0.3, -0.25) is 0 Å². The van der Waals surface area contributed by atoms with Crippen LogP contribution in [0.3, 0.4) is 0 Å². The van der Waals surface area contributed by atoms with Gasteiger partial charge in [-0.25, -0.2) is 19.7 Å². The van der Waals surface area contributed by atoms with E-state index in [1.807, 2.05) is 38.1 Å². The van der Waals surface area contributed by atoms with Crippen molar-refractivity contribution in [3.63, 3.8) is 0 Å². The van der Waals surface area contributed by atoms with Crippen molar-refractivity contribution in [3.8, 4) is 11.4 Å². The fourth-order valence-corrected chi connectivity index (χ4v) is 4.43. The number of hydrogen-bond donors (Lipinski definition) is 2. The third-order valence-corrected chi connectivity index (χ3v) is 6.42. The Morgan fingerprint density at radius 2 is 1.89 bits per heavy atom. The van der Waals surface area contributed by atoms with E-state index in [-0.39, 0.29) is 29.6 Å². The number of nitrogens with one attached hydrogen (secondary N) is 1. The van der Waals surface area contributed by atoms with Gasteiger partial charge in [0.1, 0.15) is 11.3 Å². The lowest BCUT2D eigenvalue weighted by Gasteiger charge is -2.18. The minimum Gasteiger partial charge on any atom is -0.475 e. The summed E-state index contributed by atoms with van der Waals surface area (Å²) in [6, 6.07) is 12.8. The van der Waals surface area contributed by atoms with Crippen LogP contribution >= 0.6 is 0 Å². The summed E-state index contributed by atoms with van der Waals surface area (Å²) in [5.74, 6) is -0.698. The topological polar surface area (TPSA) is 92.9 Å². The maximum Gasteiger partial charge on any atom is 0.416 e. The van der Waals surface area contributed by atoms with Gasteiger partial charge in [0, 0.05) is 11.6 Å². The zero-order valence-electron chi connectivity index (χ0n) is 19.7. The fourth-order valence-electron chi connectivity index (χ4n) is 4.43. The van der Waals surface area contributed by atoms with Gasteiger partial charge < -0.3 is 15.0 Å². The van der Waals surface area contributed by atoms with Crippen molar-refractivity contribution in [2.45, 2.75) is 45.5 Å². The van der Waals surface area contributed by atoms with Crippen LogP contribution in [0.4, 0.5) is 19.0 Å². The number of nitrogens with zero attached hydrogens (tertiary/aromatic N) is 4. The smallest absolute Gasteiger partial charge is 0.416 e. The predicted molar refractivity (Wildman–Crippen MR) is 129 cm³/mol. The molecule has 5 rings (SSSR count). The molecule has 10 heteroatoms. The SMILES string of the molecule is Cc1cccc(-c2nc3nc(C(=O)O)nc(NC(C)C4CC4)c3n2Cc2ccccc2C(F)(F)F)c1.